The molecule has 1 atom stereocenters. The first-order valence-electron chi connectivity index (χ1n) is 8.64. The number of hydrogen-bond acceptors (Lipinski definition) is 3. The van der Waals surface area contributed by atoms with Crippen LogP contribution in [-0.2, 0) is 6.54 Å². The summed E-state index contributed by atoms with van der Waals surface area (Å²) in [5, 5.41) is 3.16. The van der Waals surface area contributed by atoms with Gasteiger partial charge in [-0.2, -0.15) is 0 Å². The SMILES string of the molecule is CCN1CCCC1CN=C(N)NCCCCn1ccccc1=O. The molecule has 1 aliphatic heterocycles. The Kier molecular flexibility index (Phi) is 7.13. The molecular formula is C17H29N5O. The highest BCUT2D eigenvalue weighted by Gasteiger charge is 2.22. The largest absolute Gasteiger partial charge is 0.370 e. The van der Waals surface area contributed by atoms with Crippen molar-refractivity contribution in [3.05, 3.63) is 34.7 Å². The van der Waals surface area contributed by atoms with E-state index in [0.29, 0.717) is 12.0 Å². The first-order valence-corrected chi connectivity index (χ1v) is 8.64. The molecule has 23 heavy (non-hydrogen) atoms. The van der Waals surface area contributed by atoms with Gasteiger partial charge < -0.3 is 15.6 Å². The van der Waals surface area contributed by atoms with Crippen molar-refractivity contribution in [2.24, 2.45) is 10.7 Å². The Morgan fingerprint density at radius 1 is 1.43 bits per heavy atom. The number of aromatic nitrogens is 1. The molecule has 1 aromatic heterocycles. The van der Waals surface area contributed by atoms with Gasteiger partial charge in [-0.15, -0.1) is 0 Å². The van der Waals surface area contributed by atoms with E-state index in [2.05, 4.69) is 22.1 Å². The van der Waals surface area contributed by atoms with Crippen LogP contribution in [0.3, 0.4) is 0 Å². The highest BCUT2D eigenvalue weighted by Crippen LogP contribution is 2.16. The molecule has 1 aliphatic rings. The third-order valence-corrected chi connectivity index (χ3v) is 4.41. The van der Waals surface area contributed by atoms with Crippen molar-refractivity contribution in [1.82, 2.24) is 14.8 Å². The molecule has 0 spiro atoms. The van der Waals surface area contributed by atoms with Crippen LogP contribution in [0.5, 0.6) is 0 Å². The Morgan fingerprint density at radius 3 is 3.09 bits per heavy atom. The van der Waals surface area contributed by atoms with Gasteiger partial charge in [0.05, 0.1) is 6.54 Å². The van der Waals surface area contributed by atoms with E-state index in [0.717, 1.165) is 39.0 Å². The van der Waals surface area contributed by atoms with Gasteiger partial charge in [0, 0.05) is 31.4 Å². The van der Waals surface area contributed by atoms with E-state index in [1.54, 1.807) is 16.7 Å². The molecule has 0 radical (unpaired) electrons. The highest BCUT2D eigenvalue weighted by atomic mass is 16.1. The number of guanidine groups is 1. The van der Waals surface area contributed by atoms with Crippen LogP contribution in [0, 0.1) is 0 Å². The minimum absolute atomic E-state index is 0.0542. The number of likely N-dealkylation sites (tertiary alicyclic amines) is 1. The number of nitrogens with two attached hydrogens (primary N) is 1. The van der Waals surface area contributed by atoms with Gasteiger partial charge in [0.1, 0.15) is 0 Å². The Labute approximate surface area is 138 Å². The molecule has 0 aromatic carbocycles. The maximum atomic E-state index is 11.6. The lowest BCUT2D eigenvalue weighted by Gasteiger charge is -2.20. The summed E-state index contributed by atoms with van der Waals surface area (Å²) in [6.07, 6.45) is 6.21. The van der Waals surface area contributed by atoms with Crippen molar-refractivity contribution < 1.29 is 0 Å². The molecule has 0 amide bonds. The van der Waals surface area contributed by atoms with E-state index < -0.39 is 0 Å². The van der Waals surface area contributed by atoms with Crippen molar-refractivity contribution in [2.45, 2.75) is 45.2 Å². The molecule has 1 fully saturated rings. The standard InChI is InChI=1S/C17H29N5O/c1-2-21-13-7-8-15(21)14-20-17(18)19-10-4-6-12-22-11-5-3-9-16(22)23/h3,5,9,11,15H,2,4,6-8,10,12-14H2,1H3,(H3,18,19,20). The molecular weight excluding hydrogens is 290 g/mol. The second kappa shape index (κ2) is 9.35. The van der Waals surface area contributed by atoms with Crippen molar-refractivity contribution in [2.75, 3.05) is 26.2 Å². The van der Waals surface area contributed by atoms with Gasteiger partial charge in [-0.3, -0.25) is 14.7 Å². The van der Waals surface area contributed by atoms with Crippen LogP contribution in [0.1, 0.15) is 32.6 Å². The van der Waals surface area contributed by atoms with Crippen molar-refractivity contribution in [3.63, 3.8) is 0 Å². The maximum absolute atomic E-state index is 11.6. The van der Waals surface area contributed by atoms with Gasteiger partial charge in [-0.05, 0) is 44.8 Å². The van der Waals surface area contributed by atoms with E-state index in [1.807, 2.05) is 12.3 Å². The third-order valence-electron chi connectivity index (χ3n) is 4.41. The first-order chi connectivity index (χ1) is 11.2. The van der Waals surface area contributed by atoms with Crippen LogP contribution in [-0.4, -0.2) is 47.6 Å². The Morgan fingerprint density at radius 2 is 2.30 bits per heavy atom. The zero-order valence-electron chi connectivity index (χ0n) is 14.1. The second-order valence-corrected chi connectivity index (χ2v) is 6.02. The van der Waals surface area contributed by atoms with Crippen molar-refractivity contribution >= 4 is 5.96 Å². The van der Waals surface area contributed by atoms with Crippen LogP contribution in [0.4, 0.5) is 0 Å². The average molecular weight is 319 g/mol. The minimum Gasteiger partial charge on any atom is -0.370 e. The molecule has 3 N–H and O–H groups in total. The number of nitrogens with one attached hydrogen (secondary N) is 1. The van der Waals surface area contributed by atoms with Gasteiger partial charge in [-0.25, -0.2) is 0 Å². The number of unbranched alkanes of at least 4 members (excludes halogenated alkanes) is 1. The van der Waals surface area contributed by atoms with Crippen molar-refractivity contribution in [1.29, 1.82) is 0 Å². The molecule has 0 bridgehead atoms. The van der Waals surface area contributed by atoms with Crippen molar-refractivity contribution in [3.8, 4) is 0 Å². The number of nitrogens with zero attached hydrogens (tertiary/aromatic N) is 3. The molecule has 128 valence electrons. The second-order valence-electron chi connectivity index (χ2n) is 6.02. The predicted molar refractivity (Wildman–Crippen MR) is 94.7 cm³/mol. The fourth-order valence-corrected chi connectivity index (χ4v) is 3.05. The van der Waals surface area contributed by atoms with E-state index in [-0.39, 0.29) is 5.56 Å². The topological polar surface area (TPSA) is 75.7 Å². The third kappa shape index (κ3) is 5.71. The van der Waals surface area contributed by atoms with Gasteiger partial charge >= 0.3 is 0 Å². The fraction of sp³-hybridized carbons (Fsp3) is 0.647. The summed E-state index contributed by atoms with van der Waals surface area (Å²) in [6.45, 7) is 6.79. The minimum atomic E-state index is 0.0542. The Hall–Kier alpha value is -1.82. The molecule has 1 saturated heterocycles. The molecule has 0 aliphatic carbocycles. The summed E-state index contributed by atoms with van der Waals surface area (Å²) in [5.41, 5.74) is 5.98. The Bertz CT molecular complexity index is 554. The number of aryl methyl sites for hydroxylation is 1. The quantitative estimate of drug-likeness (QED) is 0.426. The van der Waals surface area contributed by atoms with Crippen LogP contribution >= 0.6 is 0 Å². The smallest absolute Gasteiger partial charge is 0.250 e. The van der Waals surface area contributed by atoms with Gasteiger partial charge in [0.15, 0.2) is 5.96 Å². The van der Waals surface area contributed by atoms with Gasteiger partial charge in [-0.1, -0.05) is 13.0 Å². The number of hydrogen-bond donors (Lipinski definition) is 2. The van der Waals surface area contributed by atoms with E-state index in [4.69, 9.17) is 5.73 Å². The maximum Gasteiger partial charge on any atom is 0.250 e. The predicted octanol–water partition coefficient (Wildman–Crippen LogP) is 1.02. The highest BCUT2D eigenvalue weighted by molar-refractivity contribution is 5.77. The zero-order valence-corrected chi connectivity index (χ0v) is 14.1. The van der Waals surface area contributed by atoms with Crippen LogP contribution in [0.15, 0.2) is 34.2 Å². The number of likely N-dealkylation sites (N-methyl/N-ethyl adjacent to an activating group) is 1. The van der Waals surface area contributed by atoms with Crippen LogP contribution < -0.4 is 16.6 Å². The zero-order chi connectivity index (χ0) is 16.5. The van der Waals surface area contributed by atoms with Crippen LogP contribution in [0.2, 0.25) is 0 Å². The molecule has 1 unspecified atom stereocenters. The fourth-order valence-electron chi connectivity index (χ4n) is 3.05. The van der Waals surface area contributed by atoms with Gasteiger partial charge in [0.25, 0.3) is 0 Å². The summed E-state index contributed by atoms with van der Waals surface area (Å²) in [7, 11) is 0. The van der Waals surface area contributed by atoms with E-state index >= 15 is 0 Å². The lowest BCUT2D eigenvalue weighted by atomic mass is 10.2. The molecule has 2 rings (SSSR count). The molecule has 6 nitrogen and oxygen atoms in total. The molecule has 6 heteroatoms. The summed E-state index contributed by atoms with van der Waals surface area (Å²) in [4.78, 5) is 18.5. The monoisotopic (exact) mass is 319 g/mol. The number of pyridine rings is 1. The number of rotatable bonds is 8. The summed E-state index contributed by atoms with van der Waals surface area (Å²) >= 11 is 0. The van der Waals surface area contributed by atoms with E-state index in [1.165, 1.54) is 19.4 Å². The molecule has 2 heterocycles. The summed E-state index contributed by atoms with van der Waals surface area (Å²) in [5.74, 6) is 0.532. The molecule has 1 aromatic rings. The lowest BCUT2D eigenvalue weighted by Crippen LogP contribution is -2.36. The average Bonchev–Trinajstić information content (AvgIpc) is 3.02. The molecule has 0 saturated carbocycles. The Balaban J connectivity index is 1.61. The normalized spacial score (nSPS) is 19.2. The first kappa shape index (κ1) is 17.5. The van der Waals surface area contributed by atoms with Gasteiger partial charge in [0.2, 0.25) is 5.56 Å². The lowest BCUT2D eigenvalue weighted by molar-refractivity contribution is 0.273. The summed E-state index contributed by atoms with van der Waals surface area (Å²) in [6, 6.07) is 5.78. The number of aliphatic imine (C=N–C) groups is 1. The summed E-state index contributed by atoms with van der Waals surface area (Å²) < 4.78 is 1.73. The van der Waals surface area contributed by atoms with E-state index in [9.17, 15) is 4.79 Å². The van der Waals surface area contributed by atoms with Crippen LogP contribution in [0.25, 0.3) is 0 Å².